The van der Waals surface area contributed by atoms with E-state index in [9.17, 15) is 4.21 Å². The number of furan rings is 1. The molecule has 0 aromatic carbocycles. The van der Waals surface area contributed by atoms with Crippen LogP contribution in [0.5, 0.6) is 0 Å². The van der Waals surface area contributed by atoms with Crippen molar-refractivity contribution in [1.29, 1.82) is 0 Å². The molecule has 1 heterocycles. The molecule has 4 heteroatoms. The fourth-order valence-electron chi connectivity index (χ4n) is 2.77. The number of hydrogen-bond acceptors (Lipinski definition) is 3. The second-order valence-electron chi connectivity index (χ2n) is 6.32. The van der Waals surface area contributed by atoms with Crippen LogP contribution < -0.4 is 5.32 Å². The molecule has 1 N–H and O–H groups in total. The average Bonchev–Trinajstić information content (AvgIpc) is 2.84. The van der Waals surface area contributed by atoms with Crippen molar-refractivity contribution in [2.75, 3.05) is 0 Å². The van der Waals surface area contributed by atoms with Gasteiger partial charge >= 0.3 is 0 Å². The lowest BCUT2D eigenvalue weighted by Gasteiger charge is -2.25. The Kier molecular flexibility index (Phi) is 5.85. The maximum atomic E-state index is 12.4. The molecule has 1 fully saturated rings. The van der Waals surface area contributed by atoms with E-state index >= 15 is 0 Å². The molecule has 3 atom stereocenters. The van der Waals surface area contributed by atoms with Crippen molar-refractivity contribution in [2.45, 2.75) is 70.0 Å². The Bertz CT molecular complexity index is 441. The quantitative estimate of drug-likeness (QED) is 0.872. The molecule has 114 valence electrons. The van der Waals surface area contributed by atoms with Gasteiger partial charge in [-0.2, -0.15) is 0 Å². The third-order valence-electron chi connectivity index (χ3n) is 3.95. The molecule has 2 rings (SSSR count). The molecule has 20 heavy (non-hydrogen) atoms. The van der Waals surface area contributed by atoms with Gasteiger partial charge in [0.2, 0.25) is 0 Å². The highest BCUT2D eigenvalue weighted by Crippen LogP contribution is 2.28. The highest BCUT2D eigenvalue weighted by Gasteiger charge is 2.24. The number of hydrogen-bond donors (Lipinski definition) is 1. The van der Waals surface area contributed by atoms with Crippen molar-refractivity contribution in [3.8, 4) is 0 Å². The summed E-state index contributed by atoms with van der Waals surface area (Å²) in [5.41, 5.74) is 0. The molecule has 1 aromatic heterocycles. The maximum absolute atomic E-state index is 12.4. The first-order valence-corrected chi connectivity index (χ1v) is 9.11. The predicted octanol–water partition coefficient (Wildman–Crippen LogP) is 3.61. The number of rotatable bonds is 6. The van der Waals surface area contributed by atoms with Gasteiger partial charge in [0, 0.05) is 22.1 Å². The summed E-state index contributed by atoms with van der Waals surface area (Å²) in [6.07, 6.45) is 4.73. The molecule has 0 bridgehead atoms. The Balaban J connectivity index is 1.84. The van der Waals surface area contributed by atoms with Gasteiger partial charge < -0.3 is 9.73 Å². The van der Waals surface area contributed by atoms with Crippen molar-refractivity contribution in [3.63, 3.8) is 0 Å². The zero-order valence-corrected chi connectivity index (χ0v) is 13.7. The minimum absolute atomic E-state index is 0.362. The lowest BCUT2D eigenvalue weighted by atomic mass is 9.91. The highest BCUT2D eigenvalue weighted by molar-refractivity contribution is 7.84. The monoisotopic (exact) mass is 297 g/mol. The standard InChI is InChI=1S/C16H27NO2S/c1-12(2)17-10-14-7-8-15(19-14)11-20(18)16-6-4-5-13(3)9-16/h7-8,12-13,16-17H,4-6,9-11H2,1-3H3. The first-order valence-electron chi connectivity index (χ1n) is 7.72. The largest absolute Gasteiger partial charge is 0.464 e. The molecule has 0 aliphatic heterocycles. The van der Waals surface area contributed by atoms with Crippen LogP contribution in [0.3, 0.4) is 0 Å². The van der Waals surface area contributed by atoms with Crippen LogP contribution in [0.2, 0.25) is 0 Å². The Hall–Kier alpha value is -0.610. The lowest BCUT2D eigenvalue weighted by molar-refractivity contribution is 0.388. The van der Waals surface area contributed by atoms with E-state index in [-0.39, 0.29) is 0 Å². The fourth-order valence-corrected chi connectivity index (χ4v) is 4.42. The molecule has 0 saturated heterocycles. The molecule has 0 radical (unpaired) electrons. The molecular weight excluding hydrogens is 270 g/mol. The van der Waals surface area contributed by atoms with Crippen LogP contribution in [-0.2, 0) is 23.1 Å². The zero-order chi connectivity index (χ0) is 14.5. The van der Waals surface area contributed by atoms with E-state index in [0.29, 0.717) is 17.0 Å². The van der Waals surface area contributed by atoms with Crippen molar-refractivity contribution < 1.29 is 8.63 Å². The summed E-state index contributed by atoms with van der Waals surface area (Å²) in [6.45, 7) is 7.24. The Morgan fingerprint density at radius 2 is 2.10 bits per heavy atom. The van der Waals surface area contributed by atoms with Crippen LogP contribution >= 0.6 is 0 Å². The third-order valence-corrected chi connectivity index (χ3v) is 5.69. The van der Waals surface area contributed by atoms with Crippen molar-refractivity contribution in [2.24, 2.45) is 5.92 Å². The van der Waals surface area contributed by atoms with Gasteiger partial charge in [-0.05, 0) is 30.9 Å². The van der Waals surface area contributed by atoms with Gasteiger partial charge in [0.25, 0.3) is 0 Å². The predicted molar refractivity (Wildman–Crippen MR) is 84.0 cm³/mol. The van der Waals surface area contributed by atoms with Crippen LogP contribution in [0, 0.1) is 5.92 Å². The van der Waals surface area contributed by atoms with E-state index in [0.717, 1.165) is 36.8 Å². The third kappa shape index (κ3) is 4.74. The van der Waals surface area contributed by atoms with Crippen LogP contribution in [0.25, 0.3) is 0 Å². The van der Waals surface area contributed by atoms with Crippen molar-refractivity contribution in [3.05, 3.63) is 23.7 Å². The Labute approximate surface area is 125 Å². The van der Waals surface area contributed by atoms with E-state index < -0.39 is 10.8 Å². The fraction of sp³-hybridized carbons (Fsp3) is 0.750. The summed E-state index contributed by atoms with van der Waals surface area (Å²) >= 11 is 0. The van der Waals surface area contributed by atoms with Gasteiger partial charge in [-0.25, -0.2) is 0 Å². The van der Waals surface area contributed by atoms with Crippen LogP contribution in [0.15, 0.2) is 16.5 Å². The van der Waals surface area contributed by atoms with Crippen LogP contribution in [0.4, 0.5) is 0 Å². The molecule has 1 saturated carbocycles. The van der Waals surface area contributed by atoms with Crippen LogP contribution in [-0.4, -0.2) is 15.5 Å². The van der Waals surface area contributed by atoms with E-state index in [1.165, 1.54) is 12.8 Å². The van der Waals surface area contributed by atoms with Gasteiger partial charge in [0.15, 0.2) is 0 Å². The summed E-state index contributed by atoms with van der Waals surface area (Å²) < 4.78 is 18.2. The molecule has 1 aromatic rings. The summed E-state index contributed by atoms with van der Waals surface area (Å²) in [5.74, 6) is 3.09. The minimum atomic E-state index is -0.792. The van der Waals surface area contributed by atoms with E-state index in [2.05, 4.69) is 26.1 Å². The van der Waals surface area contributed by atoms with E-state index in [1.54, 1.807) is 0 Å². The molecule has 3 unspecified atom stereocenters. The summed E-state index contributed by atoms with van der Waals surface area (Å²) in [6, 6.07) is 4.41. The smallest absolute Gasteiger partial charge is 0.118 e. The average molecular weight is 297 g/mol. The van der Waals surface area contributed by atoms with Gasteiger partial charge in [0.05, 0.1) is 12.3 Å². The molecule has 1 aliphatic carbocycles. The van der Waals surface area contributed by atoms with E-state index in [4.69, 9.17) is 4.42 Å². The summed E-state index contributed by atoms with van der Waals surface area (Å²) in [5, 5.41) is 3.69. The second-order valence-corrected chi connectivity index (χ2v) is 8.04. The van der Waals surface area contributed by atoms with Crippen molar-refractivity contribution in [1.82, 2.24) is 5.32 Å². The number of nitrogens with one attached hydrogen (secondary N) is 1. The first-order chi connectivity index (χ1) is 9.54. The normalized spacial score (nSPS) is 25.0. The topological polar surface area (TPSA) is 42.2 Å². The molecule has 0 spiro atoms. The SMILES string of the molecule is CC1CCCC(S(=O)Cc2ccc(CNC(C)C)o2)C1. The highest BCUT2D eigenvalue weighted by atomic mass is 32.2. The van der Waals surface area contributed by atoms with Crippen molar-refractivity contribution >= 4 is 10.8 Å². The van der Waals surface area contributed by atoms with Crippen LogP contribution in [0.1, 0.15) is 58.0 Å². The lowest BCUT2D eigenvalue weighted by Crippen LogP contribution is -2.23. The Morgan fingerprint density at radius 3 is 2.80 bits per heavy atom. The van der Waals surface area contributed by atoms with E-state index in [1.807, 2.05) is 12.1 Å². The zero-order valence-electron chi connectivity index (χ0n) is 12.9. The molecular formula is C16H27NO2S. The first kappa shape index (κ1) is 15.8. The maximum Gasteiger partial charge on any atom is 0.118 e. The van der Waals surface area contributed by atoms with Gasteiger partial charge in [-0.3, -0.25) is 4.21 Å². The summed E-state index contributed by atoms with van der Waals surface area (Å²) in [7, 11) is -0.792. The molecule has 3 nitrogen and oxygen atoms in total. The molecule has 0 amide bonds. The van der Waals surface area contributed by atoms with Gasteiger partial charge in [-0.1, -0.05) is 33.6 Å². The Morgan fingerprint density at radius 1 is 1.35 bits per heavy atom. The molecule has 1 aliphatic rings. The minimum Gasteiger partial charge on any atom is -0.464 e. The second kappa shape index (κ2) is 7.41. The summed E-state index contributed by atoms with van der Waals surface area (Å²) in [4.78, 5) is 0. The van der Waals surface area contributed by atoms with Gasteiger partial charge in [-0.15, -0.1) is 0 Å². The van der Waals surface area contributed by atoms with Gasteiger partial charge in [0.1, 0.15) is 11.5 Å².